The summed E-state index contributed by atoms with van der Waals surface area (Å²) in [7, 11) is 0. The number of rotatable bonds is 0. The highest BCUT2D eigenvalue weighted by molar-refractivity contribution is 6.11. The Kier molecular flexibility index (Phi) is 1.79. The van der Waals surface area contributed by atoms with Gasteiger partial charge in [-0.25, -0.2) is 19.2 Å². The van der Waals surface area contributed by atoms with Gasteiger partial charge in [0.1, 0.15) is 0 Å². The summed E-state index contributed by atoms with van der Waals surface area (Å²) in [6.07, 6.45) is 0. The van der Waals surface area contributed by atoms with E-state index in [-0.39, 0.29) is 21.5 Å². The molecule has 0 aliphatic carbocycles. The molecule has 2 heterocycles. The summed E-state index contributed by atoms with van der Waals surface area (Å²) in [6.45, 7) is 0. The van der Waals surface area contributed by atoms with Gasteiger partial charge in [0.2, 0.25) is 0 Å². The Hall–Kier alpha value is -3.02. The van der Waals surface area contributed by atoms with Crippen LogP contribution < -0.4 is 22.5 Å². The molecular weight excluding hydrogens is 264 g/mol. The fraction of sp³-hybridized carbons (Fsp3) is 0. The highest BCUT2D eigenvalue weighted by Crippen LogP contribution is 2.24. The molecule has 2 aromatic carbocycles. The average Bonchev–Trinajstić information content (AvgIpc) is 2.86. The van der Waals surface area contributed by atoms with E-state index in [0.29, 0.717) is 10.8 Å². The Morgan fingerprint density at radius 3 is 1.95 bits per heavy atom. The van der Waals surface area contributed by atoms with E-state index in [1.807, 2.05) is 0 Å². The Bertz CT molecular complexity index is 1210. The van der Waals surface area contributed by atoms with Crippen molar-refractivity contribution in [2.75, 3.05) is 0 Å². The second-order valence-corrected chi connectivity index (χ2v) is 4.46. The largest absolute Gasteiger partial charge is 0.386 e. The average molecular weight is 268 g/mol. The molecule has 0 N–H and O–H groups in total. The lowest BCUT2D eigenvalue weighted by Crippen LogP contribution is -1.95. The van der Waals surface area contributed by atoms with Gasteiger partial charge in [-0.3, -0.25) is 0 Å². The molecule has 0 saturated heterocycles. The number of hydrogen-bond donors (Lipinski definition) is 0. The van der Waals surface area contributed by atoms with Gasteiger partial charge in [-0.05, 0) is 29.0 Å². The predicted octanol–water partition coefficient (Wildman–Crippen LogP) is 0.649. The second-order valence-electron chi connectivity index (χ2n) is 4.46. The van der Waals surface area contributed by atoms with Gasteiger partial charge in [-0.1, -0.05) is 6.07 Å². The summed E-state index contributed by atoms with van der Waals surface area (Å²) in [5, 5.41) is 1.45. The molecule has 96 valence electrons. The van der Waals surface area contributed by atoms with Gasteiger partial charge < -0.3 is 8.83 Å². The van der Waals surface area contributed by atoms with E-state index in [1.54, 1.807) is 6.07 Å². The minimum absolute atomic E-state index is 0.0862. The van der Waals surface area contributed by atoms with Gasteiger partial charge in [0.05, 0.1) is 21.5 Å². The van der Waals surface area contributed by atoms with Crippen LogP contribution in [0.2, 0.25) is 0 Å². The lowest BCUT2D eigenvalue weighted by atomic mass is 10.0. The molecule has 4 rings (SSSR count). The molecule has 0 amide bonds. The number of benzene rings is 2. The second kappa shape index (κ2) is 3.30. The van der Waals surface area contributed by atoms with Gasteiger partial charge in [0, 0.05) is 0 Å². The maximum Gasteiger partial charge on any atom is 0.347 e. The van der Waals surface area contributed by atoms with Crippen molar-refractivity contribution in [2.24, 2.45) is 0 Å². The van der Waals surface area contributed by atoms with Crippen LogP contribution in [0.5, 0.6) is 0 Å². The zero-order chi connectivity index (χ0) is 14.0. The minimum atomic E-state index is -0.762. The summed E-state index contributed by atoms with van der Waals surface area (Å²) < 4.78 is 9.06. The van der Waals surface area contributed by atoms with Crippen molar-refractivity contribution >= 4 is 32.3 Å². The van der Waals surface area contributed by atoms with Crippen molar-refractivity contribution in [1.82, 2.24) is 0 Å². The zero-order valence-corrected chi connectivity index (χ0v) is 9.76. The first-order chi connectivity index (χ1) is 9.56. The van der Waals surface area contributed by atoms with E-state index in [0.717, 1.165) is 0 Å². The molecule has 4 aromatic rings. The third-order valence-corrected chi connectivity index (χ3v) is 3.39. The van der Waals surface area contributed by atoms with E-state index < -0.39 is 22.5 Å². The Labute approximate surface area is 108 Å². The van der Waals surface area contributed by atoms with Crippen LogP contribution in [0.4, 0.5) is 0 Å². The molecular formula is C14H4O6. The van der Waals surface area contributed by atoms with Gasteiger partial charge in [0.15, 0.2) is 0 Å². The number of furan rings is 2. The molecule has 0 atom stereocenters. The third-order valence-electron chi connectivity index (χ3n) is 3.39. The fourth-order valence-corrected chi connectivity index (χ4v) is 2.48. The summed E-state index contributed by atoms with van der Waals surface area (Å²) in [5.74, 6) is 0. The van der Waals surface area contributed by atoms with Crippen LogP contribution in [0.3, 0.4) is 0 Å². The number of fused-ring (bicyclic) bond motifs is 4. The lowest BCUT2D eigenvalue weighted by molar-refractivity contribution is 0.499. The van der Waals surface area contributed by atoms with E-state index >= 15 is 0 Å². The van der Waals surface area contributed by atoms with E-state index in [9.17, 15) is 19.2 Å². The molecule has 0 aliphatic heterocycles. The molecule has 6 heteroatoms. The maximum absolute atomic E-state index is 11.7. The van der Waals surface area contributed by atoms with Crippen LogP contribution in [-0.2, 0) is 0 Å². The van der Waals surface area contributed by atoms with Crippen LogP contribution in [0, 0.1) is 0 Å². The summed E-state index contributed by atoms with van der Waals surface area (Å²) in [4.78, 5) is 46.2. The molecule has 0 aliphatic rings. The summed E-state index contributed by atoms with van der Waals surface area (Å²) >= 11 is 0. The van der Waals surface area contributed by atoms with Crippen molar-refractivity contribution in [1.29, 1.82) is 0 Å². The smallest absolute Gasteiger partial charge is 0.347 e. The molecule has 0 spiro atoms. The van der Waals surface area contributed by atoms with E-state index in [4.69, 9.17) is 0 Å². The van der Waals surface area contributed by atoms with Crippen molar-refractivity contribution in [3.05, 3.63) is 65.9 Å². The summed E-state index contributed by atoms with van der Waals surface area (Å²) in [6, 6.07) is 5.90. The number of hydrogen-bond acceptors (Lipinski definition) is 6. The molecule has 6 nitrogen and oxygen atoms in total. The van der Waals surface area contributed by atoms with Gasteiger partial charge in [-0.15, -0.1) is 0 Å². The van der Waals surface area contributed by atoms with Crippen molar-refractivity contribution in [3.63, 3.8) is 0 Å². The van der Waals surface area contributed by atoms with Crippen molar-refractivity contribution < 1.29 is 8.83 Å². The Balaban J connectivity index is 2.42. The van der Waals surface area contributed by atoms with Crippen LogP contribution in [-0.4, -0.2) is 0 Å². The van der Waals surface area contributed by atoms with Crippen LogP contribution in [0.15, 0.2) is 52.3 Å². The SMILES string of the molecule is O=c1oc(=O)c2cc3c(ccc4c(=O)oc(=O)c43)cc12. The normalized spacial score (nSPS) is 11.8. The molecule has 2 aromatic heterocycles. The molecule has 20 heavy (non-hydrogen) atoms. The Morgan fingerprint density at radius 1 is 0.600 bits per heavy atom. The first-order valence-electron chi connectivity index (χ1n) is 5.70. The van der Waals surface area contributed by atoms with E-state index in [2.05, 4.69) is 8.83 Å². The summed E-state index contributed by atoms with van der Waals surface area (Å²) in [5.41, 5.74) is -2.95. The topological polar surface area (TPSA) is 94.6 Å². The van der Waals surface area contributed by atoms with Gasteiger partial charge >= 0.3 is 22.5 Å². The monoisotopic (exact) mass is 268 g/mol. The molecule has 0 radical (unpaired) electrons. The first kappa shape index (κ1) is 10.9. The molecule has 0 unspecified atom stereocenters. The highest BCUT2D eigenvalue weighted by Gasteiger charge is 2.15. The predicted molar refractivity (Wildman–Crippen MR) is 70.9 cm³/mol. The molecule has 0 bridgehead atoms. The lowest BCUT2D eigenvalue weighted by Gasteiger charge is -1.97. The van der Waals surface area contributed by atoms with E-state index in [1.165, 1.54) is 18.2 Å². The van der Waals surface area contributed by atoms with Crippen LogP contribution in [0.25, 0.3) is 32.3 Å². The Morgan fingerprint density at radius 2 is 1.20 bits per heavy atom. The van der Waals surface area contributed by atoms with Gasteiger partial charge in [-0.2, -0.15) is 0 Å². The molecule has 0 saturated carbocycles. The first-order valence-corrected chi connectivity index (χ1v) is 5.70. The maximum atomic E-state index is 11.7. The zero-order valence-electron chi connectivity index (χ0n) is 9.76. The van der Waals surface area contributed by atoms with Gasteiger partial charge in [0.25, 0.3) is 0 Å². The minimum Gasteiger partial charge on any atom is -0.386 e. The van der Waals surface area contributed by atoms with Crippen molar-refractivity contribution in [3.8, 4) is 0 Å². The molecule has 0 fully saturated rings. The standard InChI is InChI=1S/C14H4O6/c15-11-6-2-1-5-3-8-9(13(17)19-12(8)16)4-7(5)10(6)14(18)20-11/h1-4H. The van der Waals surface area contributed by atoms with Crippen LogP contribution in [0.1, 0.15) is 0 Å². The quantitative estimate of drug-likeness (QED) is 0.464. The highest BCUT2D eigenvalue weighted by atomic mass is 16.4. The fourth-order valence-electron chi connectivity index (χ4n) is 2.48. The van der Waals surface area contributed by atoms with Crippen LogP contribution >= 0.6 is 0 Å². The third kappa shape index (κ3) is 1.17. The van der Waals surface area contributed by atoms with Crippen molar-refractivity contribution in [2.45, 2.75) is 0 Å².